The van der Waals surface area contributed by atoms with Gasteiger partial charge in [-0.3, -0.25) is 4.99 Å². The van der Waals surface area contributed by atoms with E-state index in [0.29, 0.717) is 0 Å². The van der Waals surface area contributed by atoms with Gasteiger partial charge in [0.2, 0.25) is 0 Å². The van der Waals surface area contributed by atoms with E-state index in [2.05, 4.69) is 9.89 Å². The van der Waals surface area contributed by atoms with Crippen LogP contribution in [0.2, 0.25) is 0 Å². The van der Waals surface area contributed by atoms with Gasteiger partial charge in [-0.2, -0.15) is 0 Å². The van der Waals surface area contributed by atoms with Crippen molar-refractivity contribution in [1.82, 2.24) is 4.90 Å². The molecular weight excluding hydrogens is 100 g/mol. The van der Waals surface area contributed by atoms with Crippen molar-refractivity contribution in [2.24, 2.45) is 4.99 Å². The summed E-state index contributed by atoms with van der Waals surface area (Å²) >= 11 is 0. The summed E-state index contributed by atoms with van der Waals surface area (Å²) in [5.74, 6) is 0. The minimum absolute atomic E-state index is 1.21. The maximum atomic E-state index is 3.92. The van der Waals surface area contributed by atoms with Gasteiger partial charge in [-0.25, -0.2) is 0 Å². The molecule has 0 N–H and O–H groups in total. The van der Waals surface area contributed by atoms with Gasteiger partial charge >= 0.3 is 0 Å². The Morgan fingerprint density at radius 3 is 2.50 bits per heavy atom. The van der Waals surface area contributed by atoms with E-state index in [-0.39, 0.29) is 0 Å². The second-order valence-corrected chi connectivity index (χ2v) is 2.12. The van der Waals surface area contributed by atoms with Gasteiger partial charge in [0.25, 0.3) is 0 Å². The Kier molecular flexibility index (Phi) is 1.89. The molecule has 0 aromatic rings. The molecule has 0 atom stereocenters. The van der Waals surface area contributed by atoms with Crippen LogP contribution in [0.15, 0.2) is 4.99 Å². The maximum Gasteiger partial charge on any atom is 0.0846 e. The molecule has 1 aliphatic heterocycles. The van der Waals surface area contributed by atoms with E-state index < -0.39 is 0 Å². The number of hydrogen-bond donors (Lipinski definition) is 0. The summed E-state index contributed by atoms with van der Waals surface area (Å²) < 4.78 is 0. The van der Waals surface area contributed by atoms with Crippen molar-refractivity contribution in [3.05, 3.63) is 0 Å². The average molecular weight is 112 g/mol. The molecule has 2 nitrogen and oxygen atoms in total. The molecule has 2 heteroatoms. The van der Waals surface area contributed by atoms with Crippen LogP contribution in [0.25, 0.3) is 0 Å². The Labute approximate surface area is 50.2 Å². The molecule has 0 aliphatic carbocycles. The molecule has 0 aromatic carbocycles. The van der Waals surface area contributed by atoms with Crippen molar-refractivity contribution in [1.29, 1.82) is 0 Å². The van der Waals surface area contributed by atoms with Crippen LogP contribution in [0, 0.1) is 0 Å². The zero-order chi connectivity index (χ0) is 5.82. The van der Waals surface area contributed by atoms with Gasteiger partial charge in [0.05, 0.1) is 6.34 Å². The number of aliphatic imine (C=N–C) groups is 1. The number of nitrogens with zero attached hydrogens (tertiary/aromatic N) is 2. The van der Waals surface area contributed by atoms with Gasteiger partial charge in [-0.15, -0.1) is 0 Å². The Hall–Kier alpha value is -0.530. The van der Waals surface area contributed by atoms with E-state index in [0.717, 1.165) is 0 Å². The van der Waals surface area contributed by atoms with Crippen LogP contribution in [-0.4, -0.2) is 31.4 Å². The summed E-state index contributed by atoms with van der Waals surface area (Å²) in [5.41, 5.74) is 0. The van der Waals surface area contributed by atoms with Crippen molar-refractivity contribution >= 4 is 6.34 Å². The summed E-state index contributed by atoms with van der Waals surface area (Å²) in [7, 11) is 1.82. The summed E-state index contributed by atoms with van der Waals surface area (Å²) in [6.45, 7) is 2.41. The summed E-state index contributed by atoms with van der Waals surface area (Å²) in [5, 5.41) is 0. The smallest absolute Gasteiger partial charge is 0.0846 e. The first-order valence-electron chi connectivity index (χ1n) is 3.10. The van der Waals surface area contributed by atoms with Crippen molar-refractivity contribution in [2.75, 3.05) is 20.1 Å². The quantitative estimate of drug-likeness (QED) is 0.361. The minimum Gasteiger partial charge on any atom is -0.363 e. The van der Waals surface area contributed by atoms with Gasteiger partial charge < -0.3 is 4.90 Å². The van der Waals surface area contributed by atoms with E-state index in [1.807, 2.05) is 13.4 Å². The highest BCUT2D eigenvalue weighted by Crippen LogP contribution is 2.03. The zero-order valence-corrected chi connectivity index (χ0v) is 5.30. The molecule has 46 valence electrons. The largest absolute Gasteiger partial charge is 0.363 e. The van der Waals surface area contributed by atoms with Crippen LogP contribution in [0.5, 0.6) is 0 Å². The number of likely N-dealkylation sites (tertiary alicyclic amines) is 1. The van der Waals surface area contributed by atoms with Gasteiger partial charge in [-0.05, 0) is 12.8 Å². The van der Waals surface area contributed by atoms with Gasteiger partial charge in [0, 0.05) is 20.1 Å². The number of rotatable bonds is 1. The third-order valence-corrected chi connectivity index (χ3v) is 1.42. The molecule has 0 aromatic heterocycles. The first-order valence-corrected chi connectivity index (χ1v) is 3.10. The molecule has 0 amide bonds. The molecule has 1 heterocycles. The second-order valence-electron chi connectivity index (χ2n) is 2.12. The SMILES string of the molecule is CN=CN1CCCC1. The number of hydrogen-bond acceptors (Lipinski definition) is 1. The van der Waals surface area contributed by atoms with Gasteiger partial charge in [-0.1, -0.05) is 0 Å². The normalized spacial score (nSPS) is 20.9. The van der Waals surface area contributed by atoms with E-state index in [4.69, 9.17) is 0 Å². The maximum absolute atomic E-state index is 3.92. The monoisotopic (exact) mass is 112 g/mol. The third-order valence-electron chi connectivity index (χ3n) is 1.42. The molecule has 0 saturated carbocycles. The van der Waals surface area contributed by atoms with Crippen LogP contribution in [-0.2, 0) is 0 Å². The fourth-order valence-electron chi connectivity index (χ4n) is 1.02. The van der Waals surface area contributed by atoms with E-state index >= 15 is 0 Å². The summed E-state index contributed by atoms with van der Waals surface area (Å²) in [4.78, 5) is 6.17. The highest BCUT2D eigenvalue weighted by Gasteiger charge is 2.05. The van der Waals surface area contributed by atoms with Crippen molar-refractivity contribution in [3.63, 3.8) is 0 Å². The fourth-order valence-corrected chi connectivity index (χ4v) is 1.02. The van der Waals surface area contributed by atoms with Crippen LogP contribution in [0.1, 0.15) is 12.8 Å². The molecule has 1 aliphatic rings. The molecule has 1 fully saturated rings. The second kappa shape index (κ2) is 2.70. The topological polar surface area (TPSA) is 15.6 Å². The van der Waals surface area contributed by atoms with Crippen molar-refractivity contribution in [3.8, 4) is 0 Å². The molecule has 0 bridgehead atoms. The predicted molar refractivity (Wildman–Crippen MR) is 35.2 cm³/mol. The van der Waals surface area contributed by atoms with E-state index in [9.17, 15) is 0 Å². The van der Waals surface area contributed by atoms with Crippen molar-refractivity contribution < 1.29 is 0 Å². The summed E-state index contributed by atoms with van der Waals surface area (Å²) in [6.07, 6.45) is 4.60. The van der Waals surface area contributed by atoms with E-state index in [1.165, 1.54) is 25.9 Å². The molecule has 0 spiro atoms. The van der Waals surface area contributed by atoms with Crippen molar-refractivity contribution in [2.45, 2.75) is 12.8 Å². The lowest BCUT2D eigenvalue weighted by atomic mass is 10.4. The fraction of sp³-hybridized carbons (Fsp3) is 0.833. The summed E-state index contributed by atoms with van der Waals surface area (Å²) in [6, 6.07) is 0. The molecular formula is C6H12N2. The molecule has 8 heavy (non-hydrogen) atoms. The first kappa shape index (κ1) is 5.60. The zero-order valence-electron chi connectivity index (χ0n) is 5.30. The Morgan fingerprint density at radius 1 is 1.38 bits per heavy atom. The average Bonchev–Trinajstić information content (AvgIpc) is 2.19. The Bertz CT molecular complexity index is 82.5. The van der Waals surface area contributed by atoms with Crippen LogP contribution < -0.4 is 0 Å². The van der Waals surface area contributed by atoms with Crippen LogP contribution in [0.3, 0.4) is 0 Å². The Balaban J connectivity index is 2.24. The van der Waals surface area contributed by atoms with Gasteiger partial charge in [0.15, 0.2) is 0 Å². The standard InChI is InChI=1S/C6H12N2/c1-7-6-8-4-2-3-5-8/h6H,2-5H2,1H3. The predicted octanol–water partition coefficient (Wildman–Crippen LogP) is 0.740. The lowest BCUT2D eigenvalue weighted by Gasteiger charge is -2.07. The third kappa shape index (κ3) is 1.22. The highest BCUT2D eigenvalue weighted by molar-refractivity contribution is 5.54. The highest BCUT2D eigenvalue weighted by atomic mass is 15.2. The molecule has 1 rings (SSSR count). The molecule has 0 radical (unpaired) electrons. The van der Waals surface area contributed by atoms with Gasteiger partial charge in [0.1, 0.15) is 0 Å². The minimum atomic E-state index is 1.21. The lowest BCUT2D eigenvalue weighted by Crippen LogP contribution is -2.15. The molecule has 0 unspecified atom stereocenters. The van der Waals surface area contributed by atoms with E-state index in [1.54, 1.807) is 0 Å². The first-order chi connectivity index (χ1) is 3.93. The molecule has 1 saturated heterocycles. The van der Waals surface area contributed by atoms with Crippen LogP contribution >= 0.6 is 0 Å². The lowest BCUT2D eigenvalue weighted by molar-refractivity contribution is 0.535. The Morgan fingerprint density at radius 2 is 2.00 bits per heavy atom. The van der Waals surface area contributed by atoms with Crippen LogP contribution in [0.4, 0.5) is 0 Å².